The molecule has 1 fully saturated rings. The molecule has 2 aliphatic rings. The average molecular weight is 361 g/mol. The normalized spacial score (nSPS) is 18.5. The highest BCUT2D eigenvalue weighted by Gasteiger charge is 2.33. The molecule has 2 aliphatic heterocycles. The summed E-state index contributed by atoms with van der Waals surface area (Å²) in [5.41, 5.74) is 2.55. The molecule has 0 bridgehead atoms. The van der Waals surface area contributed by atoms with E-state index >= 15 is 0 Å². The summed E-state index contributed by atoms with van der Waals surface area (Å²) in [6.45, 7) is 8.15. The van der Waals surface area contributed by atoms with E-state index in [0.29, 0.717) is 12.6 Å². The van der Waals surface area contributed by atoms with E-state index in [4.69, 9.17) is 9.72 Å². The van der Waals surface area contributed by atoms with Crippen molar-refractivity contribution < 1.29 is 9.53 Å². The van der Waals surface area contributed by atoms with Crippen LogP contribution in [0.3, 0.4) is 0 Å². The van der Waals surface area contributed by atoms with Crippen molar-refractivity contribution in [3.05, 3.63) is 23.4 Å². The highest BCUT2D eigenvalue weighted by Crippen LogP contribution is 2.20. The number of likely N-dealkylation sites (tertiary alicyclic amines) is 1. The molecule has 1 unspecified atom stereocenters. The number of carbonyl (C=O) groups is 1. The van der Waals surface area contributed by atoms with Crippen molar-refractivity contribution in [1.29, 1.82) is 0 Å². The smallest absolute Gasteiger partial charge is 0.323 e. The molecule has 0 amide bonds. The first-order valence-electron chi connectivity index (χ1n) is 10.0. The fourth-order valence-corrected chi connectivity index (χ4v) is 3.62. The Labute approximate surface area is 156 Å². The van der Waals surface area contributed by atoms with Crippen LogP contribution in [0.1, 0.15) is 44.4 Å². The summed E-state index contributed by atoms with van der Waals surface area (Å²) in [5, 5.41) is 6.99. The molecular formula is C20H32N4O2. The van der Waals surface area contributed by atoms with Crippen LogP contribution in [0.5, 0.6) is 0 Å². The molecule has 0 radical (unpaired) electrons. The van der Waals surface area contributed by atoms with Crippen molar-refractivity contribution in [2.75, 3.05) is 38.1 Å². The fourth-order valence-electron chi connectivity index (χ4n) is 3.62. The Morgan fingerprint density at radius 1 is 1.42 bits per heavy atom. The zero-order valence-corrected chi connectivity index (χ0v) is 16.1. The number of carbonyl (C=O) groups excluding carboxylic acids is 1. The van der Waals surface area contributed by atoms with E-state index in [1.807, 2.05) is 13.8 Å². The summed E-state index contributed by atoms with van der Waals surface area (Å²) >= 11 is 0. The van der Waals surface area contributed by atoms with Crippen LogP contribution in [-0.2, 0) is 22.4 Å². The molecule has 1 aromatic heterocycles. The van der Waals surface area contributed by atoms with Gasteiger partial charge in [0.1, 0.15) is 11.9 Å². The van der Waals surface area contributed by atoms with Gasteiger partial charge in [-0.25, -0.2) is 4.98 Å². The molecule has 1 atom stereocenters. The number of nitrogens with one attached hydrogen (secondary N) is 2. The quantitative estimate of drug-likeness (QED) is 0.519. The van der Waals surface area contributed by atoms with Crippen molar-refractivity contribution in [3.8, 4) is 0 Å². The summed E-state index contributed by atoms with van der Waals surface area (Å²) in [6, 6.07) is 4.78. The highest BCUT2D eigenvalue weighted by molar-refractivity contribution is 5.75. The molecule has 0 spiro atoms. The second-order valence-electron chi connectivity index (χ2n) is 7.33. The Kier molecular flexibility index (Phi) is 6.86. The summed E-state index contributed by atoms with van der Waals surface area (Å²) in [5.74, 6) is 0.982. The van der Waals surface area contributed by atoms with E-state index < -0.39 is 0 Å². The van der Waals surface area contributed by atoms with Gasteiger partial charge in [0.05, 0.1) is 6.61 Å². The Balaban J connectivity index is 1.27. The van der Waals surface area contributed by atoms with Gasteiger partial charge in [0.15, 0.2) is 0 Å². The minimum Gasteiger partial charge on any atom is -0.465 e. The minimum absolute atomic E-state index is 0.113. The summed E-state index contributed by atoms with van der Waals surface area (Å²) in [6.07, 6.45) is 5.68. The number of hydrogen-bond acceptors (Lipinski definition) is 6. The number of unbranched alkanes of at least 4 members (excludes halogenated alkanes) is 1. The van der Waals surface area contributed by atoms with Crippen LogP contribution < -0.4 is 10.6 Å². The zero-order chi connectivity index (χ0) is 18.4. The largest absolute Gasteiger partial charge is 0.465 e. The van der Waals surface area contributed by atoms with Crippen molar-refractivity contribution >= 4 is 11.8 Å². The third kappa shape index (κ3) is 4.95. The first-order chi connectivity index (χ1) is 12.7. The number of anilines is 1. The van der Waals surface area contributed by atoms with Gasteiger partial charge in [-0.05, 0) is 64.1 Å². The van der Waals surface area contributed by atoms with Gasteiger partial charge in [-0.3, -0.25) is 9.69 Å². The number of pyridine rings is 1. The SMILES string of the molecule is CCOC(=O)C(C)N1CC(NCCCCc2ccc3c(n2)NCCC3)C1. The third-order valence-electron chi connectivity index (χ3n) is 5.33. The topological polar surface area (TPSA) is 66.5 Å². The van der Waals surface area contributed by atoms with Crippen molar-refractivity contribution in [3.63, 3.8) is 0 Å². The van der Waals surface area contributed by atoms with Crippen LogP contribution >= 0.6 is 0 Å². The lowest BCUT2D eigenvalue weighted by Crippen LogP contribution is -2.62. The maximum atomic E-state index is 11.7. The molecule has 0 saturated carbocycles. The van der Waals surface area contributed by atoms with Gasteiger partial charge < -0.3 is 15.4 Å². The molecule has 26 heavy (non-hydrogen) atoms. The van der Waals surface area contributed by atoms with Crippen LogP contribution in [0.15, 0.2) is 12.1 Å². The molecule has 3 rings (SSSR count). The average Bonchev–Trinajstić information content (AvgIpc) is 2.62. The van der Waals surface area contributed by atoms with E-state index in [-0.39, 0.29) is 12.0 Å². The van der Waals surface area contributed by atoms with Crippen LogP contribution in [0.25, 0.3) is 0 Å². The molecule has 6 nitrogen and oxygen atoms in total. The van der Waals surface area contributed by atoms with Gasteiger partial charge in [0, 0.05) is 31.4 Å². The number of nitrogens with zero attached hydrogens (tertiary/aromatic N) is 2. The van der Waals surface area contributed by atoms with Gasteiger partial charge in [0.2, 0.25) is 0 Å². The van der Waals surface area contributed by atoms with Crippen LogP contribution in [0, 0.1) is 0 Å². The second-order valence-corrected chi connectivity index (χ2v) is 7.33. The molecule has 0 aromatic carbocycles. The van der Waals surface area contributed by atoms with Gasteiger partial charge in [-0.15, -0.1) is 0 Å². The molecule has 6 heteroatoms. The van der Waals surface area contributed by atoms with Crippen LogP contribution in [0.4, 0.5) is 5.82 Å². The number of hydrogen-bond donors (Lipinski definition) is 2. The van der Waals surface area contributed by atoms with E-state index in [9.17, 15) is 4.79 Å². The highest BCUT2D eigenvalue weighted by atomic mass is 16.5. The van der Waals surface area contributed by atoms with Crippen molar-refractivity contribution in [2.45, 2.75) is 58.0 Å². The number of fused-ring (bicyclic) bond motifs is 1. The Hall–Kier alpha value is -1.66. The van der Waals surface area contributed by atoms with Crippen molar-refractivity contribution in [2.24, 2.45) is 0 Å². The van der Waals surface area contributed by atoms with Crippen LogP contribution in [-0.4, -0.2) is 60.7 Å². The minimum atomic E-state index is -0.128. The predicted octanol–water partition coefficient (Wildman–Crippen LogP) is 1.99. The number of esters is 1. The zero-order valence-electron chi connectivity index (χ0n) is 16.1. The summed E-state index contributed by atoms with van der Waals surface area (Å²) < 4.78 is 5.07. The van der Waals surface area contributed by atoms with E-state index in [1.165, 1.54) is 17.7 Å². The second kappa shape index (κ2) is 9.33. The maximum Gasteiger partial charge on any atom is 0.323 e. The standard InChI is InChI=1S/C20H32N4O2/c1-3-26-20(25)15(2)24-13-18(14-24)21-11-5-4-8-17-10-9-16-7-6-12-22-19(16)23-17/h9-10,15,18,21H,3-8,11-14H2,1-2H3,(H,22,23). The summed E-state index contributed by atoms with van der Waals surface area (Å²) in [4.78, 5) is 18.6. The molecule has 3 heterocycles. The van der Waals surface area contributed by atoms with E-state index in [0.717, 1.165) is 57.7 Å². The predicted molar refractivity (Wildman–Crippen MR) is 103 cm³/mol. The lowest BCUT2D eigenvalue weighted by atomic mass is 10.0. The Morgan fingerprint density at radius 3 is 3.08 bits per heavy atom. The molecule has 1 saturated heterocycles. The first-order valence-corrected chi connectivity index (χ1v) is 10.0. The molecule has 1 aromatic rings. The number of aromatic nitrogens is 1. The monoisotopic (exact) mass is 360 g/mol. The number of rotatable bonds is 9. The van der Waals surface area contributed by atoms with Gasteiger partial charge in [0.25, 0.3) is 0 Å². The van der Waals surface area contributed by atoms with Gasteiger partial charge in [-0.1, -0.05) is 6.07 Å². The van der Waals surface area contributed by atoms with Gasteiger partial charge in [-0.2, -0.15) is 0 Å². The van der Waals surface area contributed by atoms with Gasteiger partial charge >= 0.3 is 5.97 Å². The number of ether oxygens (including phenoxy) is 1. The lowest BCUT2D eigenvalue weighted by Gasteiger charge is -2.42. The molecule has 2 N–H and O–H groups in total. The first kappa shape index (κ1) is 19.1. The van der Waals surface area contributed by atoms with E-state index in [2.05, 4.69) is 27.7 Å². The van der Waals surface area contributed by atoms with E-state index in [1.54, 1.807) is 0 Å². The Bertz CT molecular complexity index is 601. The van der Waals surface area contributed by atoms with Crippen molar-refractivity contribution in [1.82, 2.24) is 15.2 Å². The lowest BCUT2D eigenvalue weighted by molar-refractivity contribution is -0.150. The summed E-state index contributed by atoms with van der Waals surface area (Å²) in [7, 11) is 0. The maximum absolute atomic E-state index is 11.7. The molecule has 144 valence electrons. The Morgan fingerprint density at radius 2 is 2.27 bits per heavy atom. The molecular weight excluding hydrogens is 328 g/mol. The van der Waals surface area contributed by atoms with Crippen LogP contribution in [0.2, 0.25) is 0 Å². The number of aryl methyl sites for hydroxylation is 2. The third-order valence-corrected chi connectivity index (χ3v) is 5.33. The fraction of sp³-hybridized carbons (Fsp3) is 0.700. The molecule has 0 aliphatic carbocycles.